The molecule has 2 rings (SSSR count). The zero-order valence-corrected chi connectivity index (χ0v) is 14.9. The first kappa shape index (κ1) is 18.4. The van der Waals surface area contributed by atoms with Crippen LogP contribution in [0.1, 0.15) is 24.1 Å². The molecule has 2 aromatic rings. The summed E-state index contributed by atoms with van der Waals surface area (Å²) in [7, 11) is 4.80. The van der Waals surface area contributed by atoms with Crippen molar-refractivity contribution in [2.75, 3.05) is 21.3 Å². The normalized spacial score (nSPS) is 11.8. The molecule has 0 aliphatic rings. The van der Waals surface area contributed by atoms with Gasteiger partial charge in [0.25, 0.3) is 0 Å². The Balaban J connectivity index is 2.11. The van der Waals surface area contributed by atoms with Crippen molar-refractivity contribution in [3.63, 3.8) is 0 Å². The summed E-state index contributed by atoms with van der Waals surface area (Å²) in [5.41, 5.74) is 1.69. The van der Waals surface area contributed by atoms with Crippen LogP contribution in [0.2, 0.25) is 0 Å². The number of nitrogens with one attached hydrogen (secondary N) is 1. The van der Waals surface area contributed by atoms with Crippen LogP contribution in [0.3, 0.4) is 0 Å². The molecule has 2 aromatic carbocycles. The summed E-state index contributed by atoms with van der Waals surface area (Å²) in [5.74, 6) is 1.92. The first-order valence-electron chi connectivity index (χ1n) is 7.92. The third-order valence-corrected chi connectivity index (χ3v) is 3.82. The number of benzene rings is 2. The highest BCUT2D eigenvalue weighted by Crippen LogP contribution is 2.29. The van der Waals surface area contributed by atoms with E-state index in [1.54, 1.807) is 27.4 Å². The fraction of sp³-hybridized carbons (Fsp3) is 0.250. The number of carbonyl (C=O) groups is 1. The summed E-state index contributed by atoms with van der Waals surface area (Å²) in [6, 6.07) is 12.8. The van der Waals surface area contributed by atoms with Gasteiger partial charge in [0.2, 0.25) is 5.91 Å². The molecule has 0 bridgehead atoms. The highest BCUT2D eigenvalue weighted by molar-refractivity contribution is 5.92. The van der Waals surface area contributed by atoms with Crippen LogP contribution in [-0.4, -0.2) is 27.2 Å². The highest BCUT2D eigenvalue weighted by atomic mass is 16.5. The van der Waals surface area contributed by atoms with Gasteiger partial charge in [-0.15, -0.1) is 0 Å². The third-order valence-electron chi connectivity index (χ3n) is 3.82. The number of rotatable bonds is 7. The van der Waals surface area contributed by atoms with Gasteiger partial charge in [-0.25, -0.2) is 0 Å². The first-order chi connectivity index (χ1) is 12.1. The van der Waals surface area contributed by atoms with E-state index in [4.69, 9.17) is 14.2 Å². The average molecular weight is 341 g/mol. The van der Waals surface area contributed by atoms with Crippen LogP contribution in [-0.2, 0) is 4.79 Å². The van der Waals surface area contributed by atoms with Crippen LogP contribution in [0.4, 0.5) is 0 Å². The molecular weight excluding hydrogens is 318 g/mol. The van der Waals surface area contributed by atoms with Gasteiger partial charge in [-0.3, -0.25) is 4.79 Å². The number of carbonyl (C=O) groups excluding carboxylic acids is 1. The molecule has 5 nitrogen and oxygen atoms in total. The molecule has 132 valence electrons. The van der Waals surface area contributed by atoms with Crippen LogP contribution in [0.5, 0.6) is 17.2 Å². The molecule has 0 saturated heterocycles. The first-order valence-corrected chi connectivity index (χ1v) is 7.92. The van der Waals surface area contributed by atoms with Gasteiger partial charge >= 0.3 is 0 Å². The lowest BCUT2D eigenvalue weighted by molar-refractivity contribution is -0.117. The summed E-state index contributed by atoms with van der Waals surface area (Å²) >= 11 is 0. The minimum Gasteiger partial charge on any atom is -0.497 e. The molecule has 1 N–H and O–H groups in total. The molecule has 0 unspecified atom stereocenters. The van der Waals surface area contributed by atoms with E-state index in [0.717, 1.165) is 11.1 Å². The van der Waals surface area contributed by atoms with Gasteiger partial charge in [-0.05, 0) is 37.3 Å². The second-order valence-corrected chi connectivity index (χ2v) is 5.41. The van der Waals surface area contributed by atoms with Gasteiger partial charge in [-0.1, -0.05) is 18.2 Å². The zero-order valence-electron chi connectivity index (χ0n) is 14.9. The monoisotopic (exact) mass is 341 g/mol. The second-order valence-electron chi connectivity index (χ2n) is 5.41. The lowest BCUT2D eigenvalue weighted by Crippen LogP contribution is -2.25. The summed E-state index contributed by atoms with van der Waals surface area (Å²) in [4.78, 5) is 12.2. The summed E-state index contributed by atoms with van der Waals surface area (Å²) in [5, 5.41) is 2.93. The molecule has 0 radical (unpaired) electrons. The lowest BCUT2D eigenvalue weighted by Gasteiger charge is -2.17. The molecule has 0 spiro atoms. The van der Waals surface area contributed by atoms with Gasteiger partial charge in [0.15, 0.2) is 0 Å². The Labute approximate surface area is 148 Å². The molecular formula is C20H23NO4. The molecule has 0 heterocycles. The van der Waals surface area contributed by atoms with Crippen LogP contribution < -0.4 is 19.5 Å². The summed E-state index contributed by atoms with van der Waals surface area (Å²) in [6.07, 6.45) is 3.21. The molecule has 1 atom stereocenters. The topological polar surface area (TPSA) is 56.8 Å². The largest absolute Gasteiger partial charge is 0.497 e. The highest BCUT2D eigenvalue weighted by Gasteiger charge is 2.14. The van der Waals surface area contributed by atoms with E-state index in [0.29, 0.717) is 17.2 Å². The maximum atomic E-state index is 12.2. The van der Waals surface area contributed by atoms with Crippen molar-refractivity contribution in [3.8, 4) is 17.2 Å². The molecule has 0 fully saturated rings. The number of hydrogen-bond donors (Lipinski definition) is 1. The molecule has 0 aromatic heterocycles. The van der Waals surface area contributed by atoms with Crippen molar-refractivity contribution < 1.29 is 19.0 Å². The predicted octanol–water partition coefficient (Wildman–Crippen LogP) is 3.60. The molecule has 0 aliphatic carbocycles. The Morgan fingerprint density at radius 2 is 1.72 bits per heavy atom. The van der Waals surface area contributed by atoms with Crippen molar-refractivity contribution in [1.29, 1.82) is 0 Å². The fourth-order valence-electron chi connectivity index (χ4n) is 2.49. The number of hydrogen-bond acceptors (Lipinski definition) is 4. The molecule has 0 aliphatic heterocycles. The Kier molecular flexibility index (Phi) is 6.46. The van der Waals surface area contributed by atoms with Gasteiger partial charge in [-0.2, -0.15) is 0 Å². The van der Waals surface area contributed by atoms with Crippen LogP contribution in [0, 0.1) is 0 Å². The van der Waals surface area contributed by atoms with E-state index in [-0.39, 0.29) is 11.9 Å². The predicted molar refractivity (Wildman–Crippen MR) is 98.1 cm³/mol. The quantitative estimate of drug-likeness (QED) is 0.782. The van der Waals surface area contributed by atoms with E-state index in [2.05, 4.69) is 5.32 Å². The summed E-state index contributed by atoms with van der Waals surface area (Å²) in [6.45, 7) is 1.89. The van der Waals surface area contributed by atoms with E-state index < -0.39 is 0 Å². The minimum atomic E-state index is -0.236. The van der Waals surface area contributed by atoms with Crippen LogP contribution >= 0.6 is 0 Å². The minimum absolute atomic E-state index is 0.205. The maximum absolute atomic E-state index is 12.2. The van der Waals surface area contributed by atoms with Gasteiger partial charge in [0.05, 0.1) is 27.4 Å². The van der Waals surface area contributed by atoms with E-state index >= 15 is 0 Å². The number of amides is 1. The van der Waals surface area contributed by atoms with Gasteiger partial charge < -0.3 is 19.5 Å². The van der Waals surface area contributed by atoms with Gasteiger partial charge in [0.1, 0.15) is 17.2 Å². The number of ether oxygens (including phenoxy) is 3. The second kappa shape index (κ2) is 8.78. The van der Waals surface area contributed by atoms with E-state index in [1.807, 2.05) is 49.4 Å². The van der Waals surface area contributed by atoms with Crippen molar-refractivity contribution in [2.24, 2.45) is 0 Å². The van der Waals surface area contributed by atoms with Crippen LogP contribution in [0.15, 0.2) is 48.5 Å². The van der Waals surface area contributed by atoms with Crippen molar-refractivity contribution in [1.82, 2.24) is 5.32 Å². The maximum Gasteiger partial charge on any atom is 0.244 e. The van der Waals surface area contributed by atoms with Crippen molar-refractivity contribution in [3.05, 3.63) is 59.7 Å². The van der Waals surface area contributed by atoms with Crippen molar-refractivity contribution >= 4 is 12.0 Å². The molecule has 5 heteroatoms. The summed E-state index contributed by atoms with van der Waals surface area (Å²) < 4.78 is 15.9. The van der Waals surface area contributed by atoms with E-state index in [1.165, 1.54) is 6.08 Å². The third kappa shape index (κ3) is 4.76. The zero-order chi connectivity index (χ0) is 18.2. The standard InChI is InChI=1S/C20H23NO4/c1-14(17-13-16(23-2)10-11-19(17)25-4)21-20(22)12-9-15-7-5-6-8-18(15)24-3/h5-14H,1-4H3,(H,21,22)/b12-9+/t14-/m1/s1. The molecule has 0 saturated carbocycles. The number of methoxy groups -OCH3 is 3. The smallest absolute Gasteiger partial charge is 0.244 e. The molecule has 1 amide bonds. The Morgan fingerprint density at radius 3 is 2.40 bits per heavy atom. The SMILES string of the molecule is COc1ccc(OC)c([C@@H](C)NC(=O)/C=C/c2ccccc2OC)c1. The van der Waals surface area contributed by atoms with Crippen molar-refractivity contribution in [2.45, 2.75) is 13.0 Å². The Morgan fingerprint density at radius 1 is 1.00 bits per heavy atom. The Hall–Kier alpha value is -2.95. The molecule has 25 heavy (non-hydrogen) atoms. The Bertz CT molecular complexity index is 755. The fourth-order valence-corrected chi connectivity index (χ4v) is 2.49. The van der Waals surface area contributed by atoms with Crippen LogP contribution in [0.25, 0.3) is 6.08 Å². The lowest BCUT2D eigenvalue weighted by atomic mass is 10.1. The van der Waals surface area contributed by atoms with Gasteiger partial charge in [0, 0.05) is 17.2 Å². The average Bonchev–Trinajstić information content (AvgIpc) is 2.65. The number of para-hydroxylation sites is 1. The van der Waals surface area contributed by atoms with E-state index in [9.17, 15) is 4.79 Å².